The maximum atomic E-state index is 9.60. The van der Waals surface area contributed by atoms with Crippen LogP contribution >= 0.6 is 0 Å². The molecule has 152 valence electrons. The molecule has 0 saturated carbocycles. The summed E-state index contributed by atoms with van der Waals surface area (Å²) >= 11 is 0. The summed E-state index contributed by atoms with van der Waals surface area (Å²) in [5.74, 6) is -1.87. The van der Waals surface area contributed by atoms with Gasteiger partial charge in [0.05, 0.1) is 13.2 Å². The van der Waals surface area contributed by atoms with E-state index in [1.165, 1.54) is 13.8 Å². The van der Waals surface area contributed by atoms with E-state index in [1.54, 1.807) is 13.8 Å². The summed E-state index contributed by atoms with van der Waals surface area (Å²) in [5, 5.41) is 15.8. The number of ether oxygens (including phenoxy) is 2. The SMILES string of the molecule is C=C.C=C(C)C(=O)O.C=C(C)C(=O)O.CCOC(N)=O.CCOC(N)=O. The van der Waals surface area contributed by atoms with Crippen molar-refractivity contribution in [3.05, 3.63) is 37.5 Å². The molecule has 0 aromatic carbocycles. The monoisotopic (exact) mass is 378 g/mol. The van der Waals surface area contributed by atoms with Crippen LogP contribution in [0.5, 0.6) is 0 Å². The molecular weight excluding hydrogens is 348 g/mol. The van der Waals surface area contributed by atoms with Gasteiger partial charge in [0.25, 0.3) is 0 Å². The molecule has 0 aromatic rings. The number of hydrogen-bond acceptors (Lipinski definition) is 6. The van der Waals surface area contributed by atoms with E-state index in [0.717, 1.165) is 0 Å². The lowest BCUT2D eigenvalue weighted by Crippen LogP contribution is -2.11. The van der Waals surface area contributed by atoms with Gasteiger partial charge in [-0.05, 0) is 27.7 Å². The maximum Gasteiger partial charge on any atom is 0.404 e. The fourth-order valence-corrected chi connectivity index (χ4v) is 0.285. The van der Waals surface area contributed by atoms with Gasteiger partial charge in [-0.15, -0.1) is 13.2 Å². The van der Waals surface area contributed by atoms with E-state index in [9.17, 15) is 19.2 Å². The lowest BCUT2D eigenvalue weighted by Gasteiger charge is -1.89. The van der Waals surface area contributed by atoms with Crippen molar-refractivity contribution < 1.29 is 38.9 Å². The highest BCUT2D eigenvalue weighted by Gasteiger charge is 1.90. The van der Waals surface area contributed by atoms with Gasteiger partial charge < -0.3 is 31.2 Å². The van der Waals surface area contributed by atoms with E-state index in [2.05, 4.69) is 47.3 Å². The second-order valence-corrected chi connectivity index (χ2v) is 3.68. The van der Waals surface area contributed by atoms with Gasteiger partial charge in [0, 0.05) is 11.1 Å². The Labute approximate surface area is 153 Å². The minimum Gasteiger partial charge on any atom is -0.478 e. The number of carboxylic acids is 2. The first-order chi connectivity index (χ1) is 11.8. The lowest BCUT2D eigenvalue weighted by molar-refractivity contribution is -0.133. The number of carbonyl (C=O) groups is 4. The van der Waals surface area contributed by atoms with Crippen LogP contribution in [0.25, 0.3) is 0 Å². The van der Waals surface area contributed by atoms with Crippen molar-refractivity contribution >= 4 is 24.1 Å². The molecule has 0 saturated heterocycles. The highest BCUT2D eigenvalue weighted by Crippen LogP contribution is 1.81. The topological polar surface area (TPSA) is 179 Å². The molecule has 0 heterocycles. The van der Waals surface area contributed by atoms with E-state index < -0.39 is 24.1 Å². The van der Waals surface area contributed by atoms with Crippen LogP contribution in [0, 0.1) is 0 Å². The van der Waals surface area contributed by atoms with Gasteiger partial charge in [-0.3, -0.25) is 0 Å². The molecule has 10 nitrogen and oxygen atoms in total. The predicted molar refractivity (Wildman–Crippen MR) is 98.6 cm³/mol. The highest BCUT2D eigenvalue weighted by atomic mass is 16.5. The third-order valence-corrected chi connectivity index (χ3v) is 1.30. The van der Waals surface area contributed by atoms with Gasteiger partial charge in [0.2, 0.25) is 0 Å². The number of carbonyl (C=O) groups excluding carboxylic acids is 2. The summed E-state index contributed by atoms with van der Waals surface area (Å²) in [5.41, 5.74) is 9.44. The summed E-state index contributed by atoms with van der Waals surface area (Å²) in [7, 11) is 0. The zero-order chi connectivity index (χ0) is 22.3. The zero-order valence-corrected chi connectivity index (χ0v) is 15.7. The average molecular weight is 378 g/mol. The first-order valence-corrected chi connectivity index (χ1v) is 6.95. The molecule has 0 bridgehead atoms. The predicted octanol–water partition coefficient (Wildman–Crippen LogP) is 2.30. The van der Waals surface area contributed by atoms with Crippen LogP contribution in [-0.2, 0) is 19.1 Å². The molecule has 0 fully saturated rings. The van der Waals surface area contributed by atoms with E-state index in [-0.39, 0.29) is 11.1 Å². The molecule has 6 N–H and O–H groups in total. The fraction of sp³-hybridized carbons (Fsp3) is 0.375. The number of amides is 2. The first kappa shape index (κ1) is 34.1. The number of rotatable bonds is 4. The Hall–Kier alpha value is -3.30. The Balaban J connectivity index is -0.0000000729. The third-order valence-electron chi connectivity index (χ3n) is 1.30. The zero-order valence-electron chi connectivity index (χ0n) is 15.7. The normalized spacial score (nSPS) is 7.08. The molecule has 0 unspecified atom stereocenters. The summed E-state index contributed by atoms with van der Waals surface area (Å²) in [6, 6.07) is 0. The number of hydrogen-bond donors (Lipinski definition) is 4. The Morgan fingerprint density at radius 3 is 0.923 bits per heavy atom. The van der Waals surface area contributed by atoms with Crippen LogP contribution in [0.3, 0.4) is 0 Å². The van der Waals surface area contributed by atoms with Crippen LogP contribution in [0.2, 0.25) is 0 Å². The molecule has 0 atom stereocenters. The first-order valence-electron chi connectivity index (χ1n) is 6.95. The molecule has 0 aliphatic heterocycles. The van der Waals surface area contributed by atoms with Crippen LogP contribution in [0.4, 0.5) is 9.59 Å². The van der Waals surface area contributed by atoms with Gasteiger partial charge in [0.15, 0.2) is 0 Å². The van der Waals surface area contributed by atoms with Crippen molar-refractivity contribution in [1.29, 1.82) is 0 Å². The van der Waals surface area contributed by atoms with Crippen LogP contribution in [0.1, 0.15) is 27.7 Å². The van der Waals surface area contributed by atoms with Gasteiger partial charge in [-0.1, -0.05) is 13.2 Å². The number of nitrogens with two attached hydrogens (primary N) is 2. The summed E-state index contributed by atoms with van der Waals surface area (Å²) in [6.07, 6.45) is -1.42. The molecular formula is C16H30N2O8. The van der Waals surface area contributed by atoms with Crippen LogP contribution < -0.4 is 11.5 Å². The van der Waals surface area contributed by atoms with E-state index in [4.69, 9.17) is 10.2 Å². The molecule has 10 heteroatoms. The summed E-state index contributed by atoms with van der Waals surface area (Å²) in [6.45, 7) is 19.3. The minimum atomic E-state index is -0.935. The van der Waals surface area contributed by atoms with Gasteiger partial charge in [-0.25, -0.2) is 19.2 Å². The Morgan fingerprint density at radius 1 is 0.769 bits per heavy atom. The maximum absolute atomic E-state index is 9.60. The van der Waals surface area contributed by atoms with E-state index in [0.29, 0.717) is 13.2 Å². The van der Waals surface area contributed by atoms with Crippen molar-refractivity contribution in [1.82, 2.24) is 0 Å². The number of aliphatic carboxylic acids is 2. The fourth-order valence-electron chi connectivity index (χ4n) is 0.285. The molecule has 0 aliphatic rings. The van der Waals surface area contributed by atoms with Crippen molar-refractivity contribution in [2.24, 2.45) is 11.5 Å². The van der Waals surface area contributed by atoms with Crippen molar-refractivity contribution in [3.63, 3.8) is 0 Å². The third kappa shape index (κ3) is 70.2. The van der Waals surface area contributed by atoms with Crippen LogP contribution in [-0.4, -0.2) is 47.6 Å². The molecule has 0 aromatic heterocycles. The number of carboxylic acid groups (broad SMARTS) is 2. The molecule has 2 amide bonds. The molecule has 0 rings (SSSR count). The standard InChI is InChI=1S/2C4H6O2.2C3H7NO2.C2H4/c2*1-3(2)4(5)6;2*1-2-6-3(4)5;1-2/h2*1H2,2H3,(H,5,6);2*2H2,1H3,(H2,4,5);1-2H2. The molecule has 0 spiro atoms. The molecule has 0 aliphatic carbocycles. The summed E-state index contributed by atoms with van der Waals surface area (Å²) in [4.78, 5) is 38.4. The largest absolute Gasteiger partial charge is 0.478 e. The number of primary amides is 2. The van der Waals surface area contributed by atoms with E-state index in [1.807, 2.05) is 0 Å². The van der Waals surface area contributed by atoms with Gasteiger partial charge >= 0.3 is 24.1 Å². The van der Waals surface area contributed by atoms with E-state index >= 15 is 0 Å². The Morgan fingerprint density at radius 2 is 0.923 bits per heavy atom. The second-order valence-electron chi connectivity index (χ2n) is 3.68. The van der Waals surface area contributed by atoms with Crippen molar-refractivity contribution in [2.45, 2.75) is 27.7 Å². The second kappa shape index (κ2) is 26.6. The summed E-state index contributed by atoms with van der Waals surface area (Å²) < 4.78 is 8.36. The lowest BCUT2D eigenvalue weighted by atomic mass is 10.4. The van der Waals surface area contributed by atoms with Crippen molar-refractivity contribution in [2.75, 3.05) is 13.2 Å². The Bertz CT molecular complexity index is 384. The molecule has 26 heavy (non-hydrogen) atoms. The smallest absolute Gasteiger partial charge is 0.404 e. The highest BCUT2D eigenvalue weighted by molar-refractivity contribution is 5.85. The minimum absolute atomic E-state index is 0.176. The Kier molecular flexibility index (Phi) is 34.9. The van der Waals surface area contributed by atoms with Crippen LogP contribution in [0.15, 0.2) is 37.5 Å². The van der Waals surface area contributed by atoms with Gasteiger partial charge in [-0.2, -0.15) is 0 Å². The average Bonchev–Trinajstić information content (AvgIpc) is 2.50. The molecule has 0 radical (unpaired) electrons. The quantitative estimate of drug-likeness (QED) is 0.424. The van der Waals surface area contributed by atoms with Gasteiger partial charge in [0.1, 0.15) is 0 Å². The van der Waals surface area contributed by atoms with Crippen molar-refractivity contribution in [3.8, 4) is 0 Å².